The summed E-state index contributed by atoms with van der Waals surface area (Å²) in [6.07, 6.45) is 1.63. The molecular formula is C14H14N4O2. The van der Waals surface area contributed by atoms with Crippen molar-refractivity contribution in [1.29, 1.82) is 0 Å². The first-order chi connectivity index (χ1) is 9.69. The van der Waals surface area contributed by atoms with Crippen LogP contribution in [-0.4, -0.2) is 34.8 Å². The first kappa shape index (κ1) is 12.7. The van der Waals surface area contributed by atoms with Crippen LogP contribution in [0.4, 0.5) is 5.82 Å². The summed E-state index contributed by atoms with van der Waals surface area (Å²) in [6, 6.07) is 7.51. The van der Waals surface area contributed by atoms with Gasteiger partial charge in [-0.25, -0.2) is 4.98 Å². The highest BCUT2D eigenvalue weighted by atomic mass is 16.5. The monoisotopic (exact) mass is 270 g/mol. The second-order valence-electron chi connectivity index (χ2n) is 4.57. The zero-order chi connectivity index (χ0) is 14.1. The van der Waals surface area contributed by atoms with E-state index >= 15 is 0 Å². The molecule has 1 aromatic carbocycles. The summed E-state index contributed by atoms with van der Waals surface area (Å²) in [5.74, 6) is 0.320. The highest BCUT2D eigenvalue weighted by Gasteiger charge is 2.29. The lowest BCUT2D eigenvalue weighted by Crippen LogP contribution is -2.21. The molecule has 1 aromatic heterocycles. The van der Waals surface area contributed by atoms with Crippen LogP contribution in [0.1, 0.15) is 13.3 Å². The van der Waals surface area contributed by atoms with E-state index in [0.717, 1.165) is 11.0 Å². The van der Waals surface area contributed by atoms with Gasteiger partial charge >= 0.3 is 0 Å². The van der Waals surface area contributed by atoms with E-state index in [1.807, 2.05) is 31.2 Å². The summed E-state index contributed by atoms with van der Waals surface area (Å²) >= 11 is 0. The predicted octanol–water partition coefficient (Wildman–Crippen LogP) is 1.76. The molecule has 2 aromatic rings. The van der Waals surface area contributed by atoms with E-state index in [-0.39, 0.29) is 18.4 Å². The van der Waals surface area contributed by atoms with Crippen molar-refractivity contribution in [3.8, 4) is 0 Å². The molecule has 1 unspecified atom stereocenters. The van der Waals surface area contributed by atoms with Crippen LogP contribution in [0.5, 0.6) is 0 Å². The summed E-state index contributed by atoms with van der Waals surface area (Å²) in [6.45, 7) is 1.86. The fourth-order valence-corrected chi connectivity index (χ4v) is 2.04. The summed E-state index contributed by atoms with van der Waals surface area (Å²) < 4.78 is 5.19. The van der Waals surface area contributed by atoms with Gasteiger partial charge in [0, 0.05) is 7.11 Å². The first-order valence-electron chi connectivity index (χ1n) is 6.34. The molecule has 3 rings (SSSR count). The molecule has 1 atom stereocenters. The van der Waals surface area contributed by atoms with Gasteiger partial charge < -0.3 is 4.74 Å². The van der Waals surface area contributed by atoms with Gasteiger partial charge in [0.25, 0.3) is 5.91 Å². The van der Waals surface area contributed by atoms with E-state index in [1.54, 1.807) is 13.3 Å². The molecule has 0 aliphatic carbocycles. The Morgan fingerprint density at radius 2 is 2.05 bits per heavy atom. The average molecular weight is 270 g/mol. The Kier molecular flexibility index (Phi) is 3.15. The lowest BCUT2D eigenvalue weighted by Gasteiger charge is -2.10. The number of carbonyl (C=O) groups is 1. The quantitative estimate of drug-likeness (QED) is 0.852. The van der Waals surface area contributed by atoms with Gasteiger partial charge in [0.2, 0.25) is 0 Å². The summed E-state index contributed by atoms with van der Waals surface area (Å²) in [5, 5.41) is 5.59. The molecule has 0 radical (unpaired) electrons. The minimum Gasteiger partial charge on any atom is -0.376 e. The molecule has 102 valence electrons. The number of carbonyl (C=O) groups excluding carboxylic acids is 1. The molecule has 1 aliphatic heterocycles. The smallest absolute Gasteiger partial charge is 0.254 e. The number of hydrogen-bond acceptors (Lipinski definition) is 5. The molecule has 0 N–H and O–H groups in total. The zero-order valence-electron chi connectivity index (χ0n) is 11.3. The van der Waals surface area contributed by atoms with Gasteiger partial charge in [0.15, 0.2) is 5.82 Å². The standard InChI is InChI=1S/C14H14N4O2/c1-9(20-2)12-7-14(19)18(17-12)13-8-15-10-5-3-4-6-11(10)16-13/h3-6,8-9H,7H2,1-2H3. The molecule has 0 bridgehead atoms. The minimum absolute atomic E-state index is 0.117. The number of anilines is 1. The summed E-state index contributed by atoms with van der Waals surface area (Å²) in [5.41, 5.74) is 2.23. The average Bonchev–Trinajstić information content (AvgIpc) is 2.88. The Bertz CT molecular complexity index is 698. The van der Waals surface area contributed by atoms with Crippen molar-refractivity contribution in [2.45, 2.75) is 19.4 Å². The third-order valence-electron chi connectivity index (χ3n) is 3.27. The first-order valence-corrected chi connectivity index (χ1v) is 6.34. The molecule has 0 saturated heterocycles. The van der Waals surface area contributed by atoms with Gasteiger partial charge in [-0.1, -0.05) is 12.1 Å². The molecule has 1 aliphatic rings. The molecule has 0 fully saturated rings. The SMILES string of the molecule is COC(C)C1=NN(c2cnc3ccccc3n2)C(=O)C1. The van der Waals surface area contributed by atoms with Crippen LogP contribution in [0.25, 0.3) is 11.0 Å². The molecule has 6 heteroatoms. The summed E-state index contributed by atoms with van der Waals surface area (Å²) in [4.78, 5) is 20.7. The number of hydrazone groups is 1. The number of aromatic nitrogens is 2. The Balaban J connectivity index is 1.98. The minimum atomic E-state index is -0.183. The van der Waals surface area contributed by atoms with E-state index in [2.05, 4.69) is 15.1 Å². The van der Waals surface area contributed by atoms with Gasteiger partial charge in [-0.3, -0.25) is 9.78 Å². The maximum absolute atomic E-state index is 12.0. The van der Waals surface area contributed by atoms with Crippen molar-refractivity contribution in [3.63, 3.8) is 0 Å². The van der Waals surface area contributed by atoms with Crippen LogP contribution in [0.15, 0.2) is 35.6 Å². The lowest BCUT2D eigenvalue weighted by atomic mass is 10.2. The number of hydrogen-bond donors (Lipinski definition) is 0. The van der Waals surface area contributed by atoms with Crippen molar-refractivity contribution >= 4 is 28.5 Å². The number of fused-ring (bicyclic) bond motifs is 1. The number of benzene rings is 1. The fourth-order valence-electron chi connectivity index (χ4n) is 2.04. The molecule has 0 saturated carbocycles. The Morgan fingerprint density at radius 1 is 1.30 bits per heavy atom. The van der Waals surface area contributed by atoms with Crippen LogP contribution in [-0.2, 0) is 9.53 Å². The van der Waals surface area contributed by atoms with Crippen LogP contribution < -0.4 is 5.01 Å². The third-order valence-corrected chi connectivity index (χ3v) is 3.27. The summed E-state index contributed by atoms with van der Waals surface area (Å²) in [7, 11) is 1.59. The van der Waals surface area contributed by atoms with Crippen LogP contribution in [0.3, 0.4) is 0 Å². The number of ether oxygens (including phenoxy) is 1. The van der Waals surface area contributed by atoms with Crippen LogP contribution >= 0.6 is 0 Å². The van der Waals surface area contributed by atoms with Crippen molar-refractivity contribution in [1.82, 2.24) is 9.97 Å². The normalized spacial score (nSPS) is 16.6. The number of nitrogens with zero attached hydrogens (tertiary/aromatic N) is 4. The van der Waals surface area contributed by atoms with E-state index in [4.69, 9.17) is 4.74 Å². The maximum atomic E-state index is 12.0. The van der Waals surface area contributed by atoms with E-state index in [0.29, 0.717) is 11.5 Å². The Hall–Kier alpha value is -2.34. The van der Waals surface area contributed by atoms with Crippen molar-refractivity contribution in [2.75, 3.05) is 12.1 Å². The van der Waals surface area contributed by atoms with Gasteiger partial charge in [-0.05, 0) is 19.1 Å². The fraction of sp³-hybridized carbons (Fsp3) is 0.286. The molecule has 6 nitrogen and oxygen atoms in total. The van der Waals surface area contributed by atoms with Crippen molar-refractivity contribution in [3.05, 3.63) is 30.5 Å². The predicted molar refractivity (Wildman–Crippen MR) is 75.5 cm³/mol. The van der Waals surface area contributed by atoms with Crippen LogP contribution in [0.2, 0.25) is 0 Å². The maximum Gasteiger partial charge on any atom is 0.254 e. The van der Waals surface area contributed by atoms with E-state index in [1.165, 1.54) is 5.01 Å². The van der Waals surface area contributed by atoms with Gasteiger partial charge in [0.1, 0.15) is 0 Å². The van der Waals surface area contributed by atoms with Gasteiger partial charge in [-0.15, -0.1) is 0 Å². The molecule has 1 amide bonds. The van der Waals surface area contributed by atoms with Crippen molar-refractivity contribution in [2.24, 2.45) is 5.10 Å². The third kappa shape index (κ3) is 2.14. The molecule has 20 heavy (non-hydrogen) atoms. The second kappa shape index (κ2) is 4.97. The topological polar surface area (TPSA) is 67.7 Å². The van der Waals surface area contributed by atoms with Gasteiger partial charge in [-0.2, -0.15) is 10.1 Å². The Morgan fingerprint density at radius 3 is 2.80 bits per heavy atom. The highest BCUT2D eigenvalue weighted by Crippen LogP contribution is 2.21. The van der Waals surface area contributed by atoms with E-state index in [9.17, 15) is 4.79 Å². The number of methoxy groups -OCH3 is 1. The zero-order valence-corrected chi connectivity index (χ0v) is 11.3. The van der Waals surface area contributed by atoms with Gasteiger partial charge in [0.05, 0.1) is 35.5 Å². The molecular weight excluding hydrogens is 256 g/mol. The van der Waals surface area contributed by atoms with E-state index < -0.39 is 0 Å². The number of para-hydroxylation sites is 2. The number of amides is 1. The Labute approximate surface area is 116 Å². The largest absolute Gasteiger partial charge is 0.376 e. The number of rotatable bonds is 3. The molecule has 2 heterocycles. The van der Waals surface area contributed by atoms with Crippen LogP contribution in [0, 0.1) is 0 Å². The molecule has 0 spiro atoms. The highest BCUT2D eigenvalue weighted by molar-refractivity contribution is 6.14. The lowest BCUT2D eigenvalue weighted by molar-refractivity contribution is -0.117. The second-order valence-corrected chi connectivity index (χ2v) is 4.57. The van der Waals surface area contributed by atoms with Crippen molar-refractivity contribution < 1.29 is 9.53 Å².